The Morgan fingerprint density at radius 3 is 2.54 bits per heavy atom. The molecular formula is C22H22N4O2. The van der Waals surface area contributed by atoms with Crippen molar-refractivity contribution in [2.75, 3.05) is 13.7 Å². The number of aliphatic hydroxyl groups is 1. The molecule has 1 N–H and O–H groups in total. The van der Waals surface area contributed by atoms with E-state index in [2.05, 4.69) is 39.2 Å². The monoisotopic (exact) mass is 374 g/mol. The predicted molar refractivity (Wildman–Crippen MR) is 109 cm³/mol. The smallest absolute Gasteiger partial charge is 0.163 e. The molecule has 0 amide bonds. The average molecular weight is 374 g/mol. The molecule has 2 heterocycles. The van der Waals surface area contributed by atoms with Crippen LogP contribution in [0, 0.1) is 0 Å². The quantitative estimate of drug-likeness (QED) is 0.535. The minimum atomic E-state index is -0.193. The Hall–Kier alpha value is -3.09. The van der Waals surface area contributed by atoms with Crippen LogP contribution >= 0.6 is 0 Å². The Labute approximate surface area is 163 Å². The van der Waals surface area contributed by atoms with Crippen LogP contribution in [0.1, 0.15) is 6.42 Å². The summed E-state index contributed by atoms with van der Waals surface area (Å²) in [6.07, 6.45) is 3.83. The lowest BCUT2D eigenvalue weighted by molar-refractivity contribution is 0.0405. The first-order chi connectivity index (χ1) is 13.8. The van der Waals surface area contributed by atoms with Gasteiger partial charge in [-0.05, 0) is 23.6 Å². The maximum atomic E-state index is 9.31. The van der Waals surface area contributed by atoms with Gasteiger partial charge in [0.1, 0.15) is 17.5 Å². The van der Waals surface area contributed by atoms with Gasteiger partial charge in [0.15, 0.2) is 5.65 Å². The topological polar surface area (TPSA) is 73.1 Å². The molecule has 0 aliphatic heterocycles. The molecule has 0 aliphatic rings. The van der Waals surface area contributed by atoms with Gasteiger partial charge in [0, 0.05) is 19.2 Å². The lowest BCUT2D eigenvalue weighted by Crippen LogP contribution is -2.18. The summed E-state index contributed by atoms with van der Waals surface area (Å²) in [4.78, 5) is 13.5. The van der Waals surface area contributed by atoms with E-state index in [1.807, 2.05) is 34.9 Å². The fraction of sp³-hybridized carbons (Fsp3) is 0.227. The largest absolute Gasteiger partial charge is 0.394 e. The van der Waals surface area contributed by atoms with Crippen LogP contribution in [0.5, 0.6) is 0 Å². The van der Waals surface area contributed by atoms with Crippen molar-refractivity contribution in [1.82, 2.24) is 19.5 Å². The number of ether oxygens (including phenoxy) is 1. The van der Waals surface area contributed by atoms with Gasteiger partial charge in [-0.1, -0.05) is 48.5 Å². The van der Waals surface area contributed by atoms with E-state index in [1.54, 1.807) is 19.8 Å². The highest BCUT2D eigenvalue weighted by Crippen LogP contribution is 2.28. The molecule has 0 radical (unpaired) electrons. The number of hydrogen-bond donors (Lipinski definition) is 1. The summed E-state index contributed by atoms with van der Waals surface area (Å²) in [7, 11) is 1.60. The zero-order valence-electron chi connectivity index (χ0n) is 15.7. The number of imidazole rings is 1. The molecule has 1 atom stereocenters. The summed E-state index contributed by atoms with van der Waals surface area (Å²) in [5.41, 5.74) is 5.66. The number of hydrogen-bond acceptors (Lipinski definition) is 5. The van der Waals surface area contributed by atoms with Crippen molar-refractivity contribution in [3.05, 3.63) is 67.3 Å². The molecule has 0 saturated carbocycles. The van der Waals surface area contributed by atoms with E-state index < -0.39 is 0 Å². The minimum Gasteiger partial charge on any atom is -0.394 e. The van der Waals surface area contributed by atoms with E-state index in [-0.39, 0.29) is 12.7 Å². The van der Waals surface area contributed by atoms with Gasteiger partial charge in [-0.25, -0.2) is 15.0 Å². The van der Waals surface area contributed by atoms with Crippen LogP contribution in [0.15, 0.2) is 67.3 Å². The van der Waals surface area contributed by atoms with Crippen LogP contribution in [0.2, 0.25) is 0 Å². The second-order valence-electron chi connectivity index (χ2n) is 6.61. The van der Waals surface area contributed by atoms with Crippen molar-refractivity contribution >= 4 is 11.2 Å². The first kappa shape index (κ1) is 18.3. The third-order valence-electron chi connectivity index (χ3n) is 4.87. The van der Waals surface area contributed by atoms with Gasteiger partial charge >= 0.3 is 0 Å². The molecule has 4 rings (SSSR count). The average Bonchev–Trinajstić information content (AvgIpc) is 3.18. The highest BCUT2D eigenvalue weighted by atomic mass is 16.5. The Balaban J connectivity index is 1.69. The summed E-state index contributed by atoms with van der Waals surface area (Å²) in [6.45, 7) is 0.658. The molecule has 6 nitrogen and oxygen atoms in total. The minimum absolute atomic E-state index is 0.00432. The third kappa shape index (κ3) is 3.65. The zero-order valence-corrected chi connectivity index (χ0v) is 15.7. The summed E-state index contributed by atoms with van der Waals surface area (Å²) >= 11 is 0. The molecule has 2 aromatic carbocycles. The third-order valence-corrected chi connectivity index (χ3v) is 4.87. The van der Waals surface area contributed by atoms with Gasteiger partial charge in [-0.15, -0.1) is 0 Å². The van der Waals surface area contributed by atoms with Crippen molar-refractivity contribution in [2.24, 2.45) is 0 Å². The molecule has 0 bridgehead atoms. The van der Waals surface area contributed by atoms with Gasteiger partial charge < -0.3 is 14.4 Å². The van der Waals surface area contributed by atoms with E-state index in [0.717, 1.165) is 33.5 Å². The van der Waals surface area contributed by atoms with Crippen molar-refractivity contribution < 1.29 is 9.84 Å². The molecule has 0 spiro atoms. The normalized spacial score (nSPS) is 12.4. The van der Waals surface area contributed by atoms with Gasteiger partial charge in [0.25, 0.3) is 0 Å². The highest BCUT2D eigenvalue weighted by Gasteiger charge is 2.14. The predicted octanol–water partition coefficient (Wildman–Crippen LogP) is 3.56. The number of rotatable bonds is 7. The Morgan fingerprint density at radius 2 is 1.75 bits per heavy atom. The van der Waals surface area contributed by atoms with Gasteiger partial charge in [-0.2, -0.15) is 0 Å². The van der Waals surface area contributed by atoms with Crippen molar-refractivity contribution in [3.63, 3.8) is 0 Å². The molecule has 0 fully saturated rings. The zero-order chi connectivity index (χ0) is 19.3. The Morgan fingerprint density at radius 1 is 0.964 bits per heavy atom. The van der Waals surface area contributed by atoms with E-state index >= 15 is 0 Å². The second kappa shape index (κ2) is 8.29. The van der Waals surface area contributed by atoms with E-state index in [9.17, 15) is 5.11 Å². The van der Waals surface area contributed by atoms with E-state index in [0.29, 0.717) is 13.0 Å². The molecular weight excluding hydrogens is 352 g/mol. The van der Waals surface area contributed by atoms with E-state index in [4.69, 9.17) is 4.74 Å². The Kier molecular flexibility index (Phi) is 5.41. The molecule has 142 valence electrons. The summed E-state index contributed by atoms with van der Waals surface area (Å²) < 4.78 is 7.22. The maximum Gasteiger partial charge on any atom is 0.163 e. The summed E-state index contributed by atoms with van der Waals surface area (Å²) in [5, 5.41) is 9.31. The van der Waals surface area contributed by atoms with Crippen LogP contribution in [-0.4, -0.2) is 44.4 Å². The van der Waals surface area contributed by atoms with Crippen molar-refractivity contribution in [3.8, 4) is 22.4 Å². The SMILES string of the molecule is COC(CO)CCn1cnc2c(-c3cccc(-c4ccccc4)c3)ncnc21. The number of benzene rings is 2. The maximum absolute atomic E-state index is 9.31. The van der Waals surface area contributed by atoms with Crippen molar-refractivity contribution in [1.29, 1.82) is 0 Å². The number of aryl methyl sites for hydroxylation is 1. The number of methoxy groups -OCH3 is 1. The first-order valence-corrected chi connectivity index (χ1v) is 9.25. The second-order valence-corrected chi connectivity index (χ2v) is 6.61. The number of aromatic nitrogens is 4. The standard InChI is InChI=1S/C22H22N4O2/c1-28-19(13-27)10-11-26-15-25-21-20(23-14-24-22(21)26)18-9-5-8-17(12-18)16-6-3-2-4-7-16/h2-9,12,14-15,19,27H,10-11,13H2,1H3. The fourth-order valence-electron chi connectivity index (χ4n) is 3.30. The lowest BCUT2D eigenvalue weighted by atomic mass is 10.0. The summed E-state index contributed by atoms with van der Waals surface area (Å²) in [5.74, 6) is 0. The highest BCUT2D eigenvalue weighted by molar-refractivity contribution is 5.88. The number of aliphatic hydroxyl groups excluding tert-OH is 1. The molecule has 1 unspecified atom stereocenters. The number of fused-ring (bicyclic) bond motifs is 1. The first-order valence-electron chi connectivity index (χ1n) is 9.25. The molecule has 0 aliphatic carbocycles. The van der Waals surface area contributed by atoms with Crippen LogP contribution < -0.4 is 0 Å². The molecule has 0 saturated heterocycles. The summed E-state index contributed by atoms with van der Waals surface area (Å²) in [6, 6.07) is 18.6. The van der Waals surface area contributed by atoms with Crippen LogP contribution in [-0.2, 0) is 11.3 Å². The number of nitrogens with zero attached hydrogens (tertiary/aromatic N) is 4. The molecule has 6 heteroatoms. The van der Waals surface area contributed by atoms with Crippen LogP contribution in [0.3, 0.4) is 0 Å². The molecule has 28 heavy (non-hydrogen) atoms. The Bertz CT molecular complexity index is 1060. The van der Waals surface area contributed by atoms with Gasteiger partial charge in [-0.3, -0.25) is 0 Å². The van der Waals surface area contributed by atoms with Crippen molar-refractivity contribution in [2.45, 2.75) is 19.1 Å². The fourth-order valence-corrected chi connectivity index (χ4v) is 3.30. The lowest BCUT2D eigenvalue weighted by Gasteiger charge is -2.12. The van der Waals surface area contributed by atoms with Crippen LogP contribution in [0.4, 0.5) is 0 Å². The van der Waals surface area contributed by atoms with Gasteiger partial charge in [0.2, 0.25) is 0 Å². The van der Waals surface area contributed by atoms with Crippen LogP contribution in [0.25, 0.3) is 33.5 Å². The van der Waals surface area contributed by atoms with Gasteiger partial charge in [0.05, 0.1) is 19.0 Å². The molecule has 4 aromatic rings. The molecule has 2 aromatic heterocycles. The van der Waals surface area contributed by atoms with E-state index in [1.165, 1.54) is 0 Å².